The summed E-state index contributed by atoms with van der Waals surface area (Å²) in [7, 11) is 3.12. The number of hydrogen-bond donors (Lipinski definition) is 0. The molecule has 0 aliphatic carbocycles. The number of methoxy groups -OCH3 is 2. The molecule has 2 saturated heterocycles. The van der Waals surface area contributed by atoms with Gasteiger partial charge in [-0.2, -0.15) is 0 Å². The molecule has 3 aromatic rings. The first kappa shape index (κ1) is 30.5. The fourth-order valence-electron chi connectivity index (χ4n) is 5.09. The zero-order valence-electron chi connectivity index (χ0n) is 24.1. The van der Waals surface area contributed by atoms with Gasteiger partial charge in [0, 0.05) is 44.7 Å². The molecule has 10 heteroatoms. The number of carbonyl (C=O) groups excluding carboxylic acids is 3. The molecule has 3 aromatic carbocycles. The number of piperazine rings is 1. The summed E-state index contributed by atoms with van der Waals surface area (Å²) in [5.41, 5.74) is 2.95. The van der Waals surface area contributed by atoms with Gasteiger partial charge in [-0.25, -0.2) is 4.90 Å². The van der Waals surface area contributed by atoms with Crippen molar-refractivity contribution in [3.63, 3.8) is 0 Å². The molecule has 0 aromatic heterocycles. The predicted molar refractivity (Wildman–Crippen MR) is 174 cm³/mol. The van der Waals surface area contributed by atoms with Gasteiger partial charge in [0.15, 0.2) is 17.3 Å². The largest absolute Gasteiger partial charge is 0.493 e. The van der Waals surface area contributed by atoms with Crippen molar-refractivity contribution in [2.45, 2.75) is 18.2 Å². The van der Waals surface area contributed by atoms with E-state index in [9.17, 15) is 14.4 Å². The van der Waals surface area contributed by atoms with E-state index in [-0.39, 0.29) is 24.0 Å². The van der Waals surface area contributed by atoms with Crippen LogP contribution < -0.4 is 14.4 Å². The lowest BCUT2D eigenvalue weighted by Gasteiger charge is -2.36. The number of carbonyl (C=O) groups is 3. The summed E-state index contributed by atoms with van der Waals surface area (Å²) in [5.74, 6) is 0.411. The molecule has 2 heterocycles. The number of hydrogen-bond acceptors (Lipinski definition) is 8. The number of ether oxygens (including phenoxy) is 2. The first-order valence-corrected chi connectivity index (χ1v) is 15.3. The maximum absolute atomic E-state index is 13.3. The zero-order valence-corrected chi connectivity index (χ0v) is 25.7. The Bertz CT molecular complexity index is 1520. The lowest BCUT2D eigenvalue weighted by Crippen LogP contribution is -2.47. The van der Waals surface area contributed by atoms with Crippen LogP contribution in [0, 0.1) is 0 Å². The third-order valence-electron chi connectivity index (χ3n) is 7.47. The van der Waals surface area contributed by atoms with E-state index in [0.29, 0.717) is 27.1 Å². The fourth-order valence-corrected chi connectivity index (χ4v) is 6.63. The van der Waals surface area contributed by atoms with Crippen LogP contribution in [0.1, 0.15) is 27.9 Å². The molecule has 0 spiro atoms. The minimum absolute atomic E-state index is 0.0896. The van der Waals surface area contributed by atoms with E-state index in [1.807, 2.05) is 12.1 Å². The maximum atomic E-state index is 13.3. The molecule has 0 bridgehead atoms. The highest BCUT2D eigenvalue weighted by Crippen LogP contribution is 2.32. The Hall–Kier alpha value is -3.99. The van der Waals surface area contributed by atoms with E-state index in [1.54, 1.807) is 56.7 Å². The van der Waals surface area contributed by atoms with Crippen molar-refractivity contribution in [1.82, 2.24) is 9.80 Å². The lowest BCUT2D eigenvalue weighted by molar-refractivity contribution is -0.121. The second-order valence-electron chi connectivity index (χ2n) is 10.3. The first-order chi connectivity index (χ1) is 20.9. The van der Waals surface area contributed by atoms with E-state index in [0.717, 1.165) is 38.3 Å². The van der Waals surface area contributed by atoms with Gasteiger partial charge in [-0.15, -0.1) is 0 Å². The highest BCUT2D eigenvalue weighted by atomic mass is 32.2. The predicted octanol–water partition coefficient (Wildman–Crippen LogP) is 5.07. The Balaban J connectivity index is 1.15. The summed E-state index contributed by atoms with van der Waals surface area (Å²) >= 11 is 6.98. The number of ketones is 1. The van der Waals surface area contributed by atoms with Gasteiger partial charge in [0.1, 0.15) is 9.57 Å². The van der Waals surface area contributed by atoms with Gasteiger partial charge in [0.2, 0.25) is 11.8 Å². The fraction of sp³-hybridized carbons (Fsp3) is 0.273. The molecule has 0 N–H and O–H groups in total. The molecule has 2 aliphatic rings. The van der Waals surface area contributed by atoms with Gasteiger partial charge in [-0.05, 0) is 53.6 Å². The summed E-state index contributed by atoms with van der Waals surface area (Å²) in [5, 5.41) is -0.562. The number of amides is 2. The number of nitrogens with zero attached hydrogens (tertiary/aromatic N) is 3. The monoisotopic (exact) mass is 615 g/mol. The number of thioether (sulfide) groups is 1. The summed E-state index contributed by atoms with van der Waals surface area (Å²) < 4.78 is 11.2. The molecule has 0 unspecified atom stereocenters. The summed E-state index contributed by atoms with van der Waals surface area (Å²) in [4.78, 5) is 44.6. The number of anilines is 1. The van der Waals surface area contributed by atoms with Gasteiger partial charge in [-0.1, -0.05) is 66.5 Å². The van der Waals surface area contributed by atoms with Crippen LogP contribution in [-0.4, -0.2) is 77.4 Å². The Labute approximate surface area is 261 Å². The molecule has 0 radical (unpaired) electrons. The Morgan fingerprint density at radius 1 is 0.930 bits per heavy atom. The van der Waals surface area contributed by atoms with Crippen LogP contribution >= 0.6 is 24.0 Å². The summed E-state index contributed by atoms with van der Waals surface area (Å²) in [6.07, 6.45) is 3.25. The molecule has 8 nitrogen and oxygen atoms in total. The van der Waals surface area contributed by atoms with E-state index in [2.05, 4.69) is 34.1 Å². The molecule has 43 heavy (non-hydrogen) atoms. The highest BCUT2D eigenvalue weighted by molar-refractivity contribution is 8.23. The Morgan fingerprint density at radius 3 is 2.30 bits per heavy atom. The van der Waals surface area contributed by atoms with E-state index < -0.39 is 5.25 Å². The van der Waals surface area contributed by atoms with Crippen molar-refractivity contribution in [2.24, 2.45) is 0 Å². The maximum Gasteiger partial charge on any atom is 0.247 e. The SMILES string of the molecule is COc1ccc(/C=C/C(=O)c2ccc(N3C(=O)C[C@@H](SC(=S)N4CCN(Cc5ccccc5)CC4)C3=O)cc2)cc1OC. The molecule has 2 amide bonds. The second kappa shape index (κ2) is 14.0. The average molecular weight is 616 g/mol. The molecule has 2 aliphatic heterocycles. The Morgan fingerprint density at radius 2 is 1.63 bits per heavy atom. The molecule has 0 saturated carbocycles. The second-order valence-corrected chi connectivity index (χ2v) is 12.1. The standard InChI is InChI=1S/C33H33N3O5S2/c1-40-28-15-9-23(20-29(28)41-2)8-14-27(37)25-10-12-26(13-11-25)36-31(38)21-30(32(36)39)43-33(42)35-18-16-34(17-19-35)22-24-6-4-3-5-7-24/h3-15,20,30H,16-19,21-22H2,1-2H3/b14-8+/t30-/m1/s1. The van der Waals surface area contributed by atoms with Gasteiger partial charge in [0.05, 0.1) is 19.9 Å². The van der Waals surface area contributed by atoms with Crippen molar-refractivity contribution in [2.75, 3.05) is 45.3 Å². The number of thiocarbonyl (C=S) groups is 1. The van der Waals surface area contributed by atoms with Crippen LogP contribution in [-0.2, 0) is 16.1 Å². The van der Waals surface area contributed by atoms with Crippen molar-refractivity contribution in [3.05, 3.63) is 95.6 Å². The van der Waals surface area contributed by atoms with E-state index >= 15 is 0 Å². The molecule has 5 rings (SSSR count). The third-order valence-corrected chi connectivity index (χ3v) is 9.13. The minimum Gasteiger partial charge on any atom is -0.493 e. The normalized spacial score (nSPS) is 17.5. The minimum atomic E-state index is -0.562. The van der Waals surface area contributed by atoms with Gasteiger partial charge in [0.25, 0.3) is 0 Å². The smallest absolute Gasteiger partial charge is 0.247 e. The van der Waals surface area contributed by atoms with Crippen LogP contribution in [0.4, 0.5) is 5.69 Å². The van der Waals surface area contributed by atoms with Crippen LogP contribution in [0.25, 0.3) is 6.08 Å². The summed E-state index contributed by atoms with van der Waals surface area (Å²) in [6.45, 7) is 4.24. The quantitative estimate of drug-likeness (QED) is 0.142. The molecule has 1 atom stereocenters. The Kier molecular flexibility index (Phi) is 9.91. The number of rotatable bonds is 9. The number of imide groups is 1. The van der Waals surface area contributed by atoms with Crippen LogP contribution in [0.3, 0.4) is 0 Å². The average Bonchev–Trinajstić information content (AvgIpc) is 3.32. The number of allylic oxidation sites excluding steroid dienone is 1. The van der Waals surface area contributed by atoms with Crippen molar-refractivity contribution >= 4 is 57.7 Å². The first-order valence-electron chi connectivity index (χ1n) is 14.0. The van der Waals surface area contributed by atoms with Crippen LogP contribution in [0.5, 0.6) is 11.5 Å². The lowest BCUT2D eigenvalue weighted by atomic mass is 10.1. The molecular weight excluding hydrogens is 583 g/mol. The zero-order chi connectivity index (χ0) is 30.3. The number of benzene rings is 3. The van der Waals surface area contributed by atoms with Gasteiger partial charge in [-0.3, -0.25) is 19.3 Å². The molecular formula is C33H33N3O5S2. The van der Waals surface area contributed by atoms with Crippen LogP contribution in [0.15, 0.2) is 78.9 Å². The molecule has 222 valence electrons. The molecule has 2 fully saturated rings. The van der Waals surface area contributed by atoms with Crippen LogP contribution in [0.2, 0.25) is 0 Å². The topological polar surface area (TPSA) is 79.4 Å². The van der Waals surface area contributed by atoms with Gasteiger partial charge < -0.3 is 14.4 Å². The third kappa shape index (κ3) is 7.33. The van der Waals surface area contributed by atoms with Crippen molar-refractivity contribution in [1.29, 1.82) is 0 Å². The van der Waals surface area contributed by atoms with Gasteiger partial charge >= 0.3 is 0 Å². The van der Waals surface area contributed by atoms with E-state index in [1.165, 1.54) is 28.3 Å². The highest BCUT2D eigenvalue weighted by Gasteiger charge is 2.41. The van der Waals surface area contributed by atoms with Crippen molar-refractivity contribution in [3.8, 4) is 11.5 Å². The summed E-state index contributed by atoms with van der Waals surface area (Å²) in [6, 6.07) is 22.3. The van der Waals surface area contributed by atoms with Crippen molar-refractivity contribution < 1.29 is 23.9 Å². The van der Waals surface area contributed by atoms with E-state index in [4.69, 9.17) is 21.7 Å².